The Labute approximate surface area is 86.7 Å². The summed E-state index contributed by atoms with van der Waals surface area (Å²) in [5.41, 5.74) is 0. The molecular weight excluding hydrogens is 180 g/mol. The van der Waals surface area contributed by atoms with Crippen LogP contribution in [-0.4, -0.2) is 5.12 Å². The Kier molecular flexibility index (Phi) is 5.37. The maximum absolute atomic E-state index is 10.6. The zero-order chi connectivity index (χ0) is 9.52. The number of carbonyl (C=O) groups is 1. The predicted molar refractivity (Wildman–Crippen MR) is 57.6 cm³/mol. The Hall–Kier alpha value is -0.110. The molecule has 1 saturated carbocycles. The molecule has 0 aliphatic heterocycles. The van der Waals surface area contributed by atoms with Gasteiger partial charge in [-0.3, -0.25) is 4.79 Å². The Morgan fingerprint density at radius 3 is 2.31 bits per heavy atom. The van der Waals surface area contributed by atoms with Crippen molar-refractivity contribution < 1.29 is 4.79 Å². The standard InChI is InChI=1S/C11H19OS/c12-11(13)9-5-8-10-6-3-1-2-4-7-10/h10H,1-9H2. The maximum Gasteiger partial charge on any atom is 0.218 e. The van der Waals surface area contributed by atoms with Crippen LogP contribution in [0.25, 0.3) is 0 Å². The lowest BCUT2D eigenvalue weighted by atomic mass is 9.94. The van der Waals surface area contributed by atoms with Crippen molar-refractivity contribution in [1.82, 2.24) is 0 Å². The summed E-state index contributed by atoms with van der Waals surface area (Å²) in [7, 11) is 0. The summed E-state index contributed by atoms with van der Waals surface area (Å²) in [4.78, 5) is 10.6. The van der Waals surface area contributed by atoms with E-state index in [2.05, 4.69) is 12.6 Å². The van der Waals surface area contributed by atoms with E-state index in [1.165, 1.54) is 44.9 Å². The third-order valence-corrected chi connectivity index (χ3v) is 3.17. The van der Waals surface area contributed by atoms with Gasteiger partial charge in [0.05, 0.1) is 0 Å². The van der Waals surface area contributed by atoms with Crippen LogP contribution in [0, 0.1) is 5.92 Å². The van der Waals surface area contributed by atoms with Crippen molar-refractivity contribution in [3.63, 3.8) is 0 Å². The SMILES string of the molecule is O=C([S])CCCC1CCCCCC1. The van der Waals surface area contributed by atoms with Crippen molar-refractivity contribution in [2.75, 3.05) is 0 Å². The second kappa shape index (κ2) is 6.36. The number of carbonyl (C=O) groups excluding carboxylic acids is 1. The zero-order valence-electron chi connectivity index (χ0n) is 8.26. The summed E-state index contributed by atoms with van der Waals surface area (Å²) in [5.74, 6) is 0.886. The monoisotopic (exact) mass is 199 g/mol. The van der Waals surface area contributed by atoms with E-state index in [4.69, 9.17) is 0 Å². The Morgan fingerprint density at radius 1 is 1.15 bits per heavy atom. The molecule has 1 aliphatic rings. The normalized spacial score (nSPS) is 19.7. The van der Waals surface area contributed by atoms with Gasteiger partial charge in [-0.2, -0.15) is 0 Å². The van der Waals surface area contributed by atoms with E-state index in [0.29, 0.717) is 6.42 Å². The van der Waals surface area contributed by atoms with Crippen LogP contribution >= 0.6 is 12.6 Å². The van der Waals surface area contributed by atoms with Gasteiger partial charge < -0.3 is 0 Å². The summed E-state index contributed by atoms with van der Waals surface area (Å²) in [5, 5.41) is -0.0615. The molecule has 1 rings (SSSR count). The molecule has 0 saturated heterocycles. The van der Waals surface area contributed by atoms with Crippen LogP contribution in [0.5, 0.6) is 0 Å². The second-order valence-electron chi connectivity index (χ2n) is 4.12. The highest BCUT2D eigenvalue weighted by atomic mass is 32.1. The van der Waals surface area contributed by atoms with Crippen LogP contribution in [0.15, 0.2) is 0 Å². The quantitative estimate of drug-likeness (QED) is 0.628. The Bertz CT molecular complexity index is 148. The maximum atomic E-state index is 10.6. The molecule has 0 aromatic heterocycles. The van der Waals surface area contributed by atoms with Gasteiger partial charge in [-0.05, 0) is 31.4 Å². The highest BCUT2D eigenvalue weighted by Gasteiger charge is 2.11. The molecule has 0 amide bonds. The number of hydrogen-bond acceptors (Lipinski definition) is 1. The first-order valence-corrected chi connectivity index (χ1v) is 5.89. The van der Waals surface area contributed by atoms with Gasteiger partial charge in [0.2, 0.25) is 5.12 Å². The van der Waals surface area contributed by atoms with Crippen molar-refractivity contribution in [3.05, 3.63) is 0 Å². The van der Waals surface area contributed by atoms with Crippen LogP contribution in [0.2, 0.25) is 0 Å². The second-order valence-corrected chi connectivity index (χ2v) is 4.58. The van der Waals surface area contributed by atoms with Crippen molar-refractivity contribution >= 4 is 17.7 Å². The molecule has 75 valence electrons. The topological polar surface area (TPSA) is 17.1 Å². The van der Waals surface area contributed by atoms with Gasteiger partial charge in [-0.15, -0.1) is 0 Å². The molecule has 0 heterocycles. The molecule has 0 aromatic carbocycles. The highest BCUT2D eigenvalue weighted by Crippen LogP contribution is 2.26. The average molecular weight is 199 g/mol. The molecule has 1 aliphatic carbocycles. The van der Waals surface area contributed by atoms with Gasteiger partial charge in [0.15, 0.2) is 0 Å². The molecule has 0 aromatic rings. The van der Waals surface area contributed by atoms with Gasteiger partial charge in [0, 0.05) is 6.42 Å². The van der Waals surface area contributed by atoms with Crippen molar-refractivity contribution in [1.29, 1.82) is 0 Å². The summed E-state index contributed by atoms with van der Waals surface area (Å²) >= 11 is 4.53. The first-order chi connectivity index (χ1) is 6.29. The Morgan fingerprint density at radius 2 is 1.77 bits per heavy atom. The molecule has 13 heavy (non-hydrogen) atoms. The lowest BCUT2D eigenvalue weighted by Crippen LogP contribution is -1.99. The lowest BCUT2D eigenvalue weighted by molar-refractivity contribution is -0.110. The Balaban J connectivity index is 2.08. The molecule has 0 unspecified atom stereocenters. The summed E-state index contributed by atoms with van der Waals surface area (Å²) in [6.07, 6.45) is 11.2. The zero-order valence-corrected chi connectivity index (χ0v) is 9.07. The molecule has 1 fully saturated rings. The van der Waals surface area contributed by atoms with E-state index >= 15 is 0 Å². The smallest absolute Gasteiger partial charge is 0.218 e. The summed E-state index contributed by atoms with van der Waals surface area (Å²) < 4.78 is 0. The lowest BCUT2D eigenvalue weighted by Gasteiger charge is -2.12. The highest BCUT2D eigenvalue weighted by molar-refractivity contribution is 7.96. The van der Waals surface area contributed by atoms with Gasteiger partial charge in [0.1, 0.15) is 0 Å². The van der Waals surface area contributed by atoms with Crippen LogP contribution in [-0.2, 0) is 4.79 Å². The minimum Gasteiger partial charge on any atom is -0.282 e. The summed E-state index contributed by atoms with van der Waals surface area (Å²) in [6, 6.07) is 0. The third-order valence-electron chi connectivity index (χ3n) is 2.97. The number of hydrogen-bond donors (Lipinski definition) is 0. The van der Waals surface area contributed by atoms with Crippen molar-refractivity contribution in [2.45, 2.75) is 57.8 Å². The fourth-order valence-corrected chi connectivity index (χ4v) is 2.33. The van der Waals surface area contributed by atoms with E-state index in [-0.39, 0.29) is 5.12 Å². The third kappa shape index (κ3) is 5.25. The molecule has 1 nitrogen and oxygen atoms in total. The predicted octanol–water partition coefficient (Wildman–Crippen LogP) is 3.85. The fourth-order valence-electron chi connectivity index (χ4n) is 2.19. The van der Waals surface area contributed by atoms with Crippen molar-refractivity contribution in [3.8, 4) is 0 Å². The first-order valence-electron chi connectivity index (χ1n) is 5.49. The number of rotatable bonds is 4. The first kappa shape index (κ1) is 11.0. The minimum absolute atomic E-state index is 0.0615. The van der Waals surface area contributed by atoms with Crippen LogP contribution < -0.4 is 0 Å². The van der Waals surface area contributed by atoms with E-state index < -0.39 is 0 Å². The molecule has 0 spiro atoms. The molecular formula is C11H19OS. The minimum atomic E-state index is -0.0615. The van der Waals surface area contributed by atoms with Crippen LogP contribution in [0.1, 0.15) is 57.8 Å². The van der Waals surface area contributed by atoms with E-state index in [0.717, 1.165) is 12.3 Å². The van der Waals surface area contributed by atoms with Gasteiger partial charge in [-0.25, -0.2) is 0 Å². The van der Waals surface area contributed by atoms with Crippen LogP contribution in [0.3, 0.4) is 0 Å². The van der Waals surface area contributed by atoms with Gasteiger partial charge >= 0.3 is 0 Å². The van der Waals surface area contributed by atoms with E-state index in [9.17, 15) is 4.79 Å². The fraction of sp³-hybridized carbons (Fsp3) is 0.909. The van der Waals surface area contributed by atoms with Gasteiger partial charge in [0.25, 0.3) is 0 Å². The van der Waals surface area contributed by atoms with Gasteiger partial charge in [-0.1, -0.05) is 38.5 Å². The molecule has 0 N–H and O–H groups in total. The van der Waals surface area contributed by atoms with E-state index in [1.807, 2.05) is 0 Å². The van der Waals surface area contributed by atoms with Crippen molar-refractivity contribution in [2.24, 2.45) is 5.92 Å². The van der Waals surface area contributed by atoms with E-state index in [1.54, 1.807) is 0 Å². The molecule has 0 atom stereocenters. The van der Waals surface area contributed by atoms with Crippen LogP contribution in [0.4, 0.5) is 0 Å². The molecule has 2 heteroatoms. The average Bonchev–Trinajstić information content (AvgIpc) is 2.32. The molecule has 0 bridgehead atoms. The largest absolute Gasteiger partial charge is 0.282 e. The summed E-state index contributed by atoms with van der Waals surface area (Å²) in [6.45, 7) is 0. The molecule has 1 radical (unpaired) electrons.